The first kappa shape index (κ1) is 19.1. The van der Waals surface area contributed by atoms with Crippen molar-refractivity contribution >= 4 is 11.6 Å². The van der Waals surface area contributed by atoms with Crippen LogP contribution in [-0.4, -0.2) is 30.6 Å². The van der Waals surface area contributed by atoms with Gasteiger partial charge in [-0.25, -0.2) is 0 Å². The maximum absolute atomic E-state index is 13.0. The normalized spacial score (nSPS) is 17.1. The van der Waals surface area contributed by atoms with E-state index in [0.29, 0.717) is 17.9 Å². The number of para-hydroxylation sites is 1. The minimum absolute atomic E-state index is 0.0510. The summed E-state index contributed by atoms with van der Waals surface area (Å²) in [4.78, 5) is 14.9. The van der Waals surface area contributed by atoms with Gasteiger partial charge < -0.3 is 19.7 Å². The molecule has 0 saturated heterocycles. The third kappa shape index (κ3) is 3.87. The summed E-state index contributed by atoms with van der Waals surface area (Å²) in [5.41, 5.74) is 2.55. The Morgan fingerprint density at radius 2 is 1.93 bits per heavy atom. The summed E-state index contributed by atoms with van der Waals surface area (Å²) in [6.07, 6.45) is 1.68. The number of nitrogens with one attached hydrogen (secondary N) is 1. The van der Waals surface area contributed by atoms with Crippen molar-refractivity contribution in [3.05, 3.63) is 53.6 Å². The summed E-state index contributed by atoms with van der Waals surface area (Å²) >= 11 is 0. The standard InChI is InChI=1S/C22H28N2O3/c1-5-13-24-21(23-18-10-8-7-9-17(18)22(24)25)16-11-12-19(20(14-16)26-4)27-15(3)6-2/h7-12,14-15,21,23H,5-6,13H2,1-4H3. The van der Waals surface area contributed by atoms with Crippen LogP contribution < -0.4 is 14.8 Å². The number of hydrogen-bond acceptors (Lipinski definition) is 4. The summed E-state index contributed by atoms with van der Waals surface area (Å²) in [7, 11) is 1.64. The maximum atomic E-state index is 13.0. The number of rotatable bonds is 7. The van der Waals surface area contributed by atoms with Crippen LogP contribution in [0.4, 0.5) is 5.69 Å². The number of ether oxygens (including phenoxy) is 2. The van der Waals surface area contributed by atoms with Gasteiger partial charge in [0.15, 0.2) is 11.5 Å². The molecule has 5 heteroatoms. The van der Waals surface area contributed by atoms with Crippen molar-refractivity contribution in [2.24, 2.45) is 0 Å². The van der Waals surface area contributed by atoms with Crippen molar-refractivity contribution in [3.63, 3.8) is 0 Å². The van der Waals surface area contributed by atoms with Gasteiger partial charge in [-0.1, -0.05) is 32.0 Å². The van der Waals surface area contributed by atoms with E-state index in [0.717, 1.165) is 29.8 Å². The molecular formula is C22H28N2O3. The van der Waals surface area contributed by atoms with Gasteiger partial charge in [0, 0.05) is 12.2 Å². The highest BCUT2D eigenvalue weighted by Crippen LogP contribution is 2.37. The third-order valence-corrected chi connectivity index (χ3v) is 4.89. The minimum atomic E-state index is -0.237. The third-order valence-electron chi connectivity index (χ3n) is 4.89. The van der Waals surface area contributed by atoms with E-state index in [1.165, 1.54) is 0 Å². The molecule has 0 aliphatic carbocycles. The number of carbonyl (C=O) groups is 1. The van der Waals surface area contributed by atoms with Gasteiger partial charge in [0.25, 0.3) is 5.91 Å². The molecule has 0 fully saturated rings. The predicted octanol–water partition coefficient (Wildman–Crippen LogP) is 4.85. The topological polar surface area (TPSA) is 50.8 Å². The van der Waals surface area contributed by atoms with Gasteiger partial charge in [-0.05, 0) is 49.6 Å². The lowest BCUT2D eigenvalue weighted by Gasteiger charge is -2.38. The van der Waals surface area contributed by atoms with Crippen molar-refractivity contribution in [1.29, 1.82) is 0 Å². The molecule has 1 N–H and O–H groups in total. The summed E-state index contributed by atoms with van der Waals surface area (Å²) in [5.74, 6) is 1.45. The van der Waals surface area contributed by atoms with Crippen molar-refractivity contribution in [3.8, 4) is 11.5 Å². The predicted molar refractivity (Wildman–Crippen MR) is 108 cm³/mol. The number of methoxy groups -OCH3 is 1. The van der Waals surface area contributed by atoms with Crippen molar-refractivity contribution in [2.75, 3.05) is 19.0 Å². The van der Waals surface area contributed by atoms with E-state index in [9.17, 15) is 4.79 Å². The number of fused-ring (bicyclic) bond motifs is 1. The van der Waals surface area contributed by atoms with E-state index in [1.54, 1.807) is 7.11 Å². The molecule has 144 valence electrons. The molecule has 1 heterocycles. The second-order valence-corrected chi connectivity index (χ2v) is 6.84. The highest BCUT2D eigenvalue weighted by atomic mass is 16.5. The molecule has 0 aromatic heterocycles. The van der Waals surface area contributed by atoms with E-state index in [4.69, 9.17) is 9.47 Å². The molecule has 0 bridgehead atoms. The van der Waals surface area contributed by atoms with E-state index in [2.05, 4.69) is 19.2 Å². The fraction of sp³-hybridized carbons (Fsp3) is 0.409. The molecule has 0 saturated carbocycles. The number of anilines is 1. The van der Waals surface area contributed by atoms with E-state index < -0.39 is 0 Å². The first-order valence-electron chi connectivity index (χ1n) is 9.60. The van der Waals surface area contributed by atoms with Crippen molar-refractivity contribution in [2.45, 2.75) is 45.9 Å². The fourth-order valence-corrected chi connectivity index (χ4v) is 3.28. The smallest absolute Gasteiger partial charge is 0.257 e. The molecule has 1 aliphatic rings. The van der Waals surface area contributed by atoms with Crippen LogP contribution in [0.15, 0.2) is 42.5 Å². The van der Waals surface area contributed by atoms with Crippen LogP contribution in [0.5, 0.6) is 11.5 Å². The zero-order valence-electron chi connectivity index (χ0n) is 16.5. The van der Waals surface area contributed by atoms with E-state index in [1.807, 2.05) is 54.3 Å². The van der Waals surface area contributed by atoms with Gasteiger partial charge in [-0.15, -0.1) is 0 Å². The van der Waals surface area contributed by atoms with Crippen LogP contribution >= 0.6 is 0 Å². The Kier molecular flexibility index (Phi) is 5.89. The number of hydrogen-bond donors (Lipinski definition) is 1. The monoisotopic (exact) mass is 368 g/mol. The Balaban J connectivity index is 1.97. The molecule has 3 rings (SSSR count). The van der Waals surface area contributed by atoms with Gasteiger partial charge in [0.05, 0.1) is 18.8 Å². The maximum Gasteiger partial charge on any atom is 0.257 e. The minimum Gasteiger partial charge on any atom is -0.493 e. The first-order valence-corrected chi connectivity index (χ1v) is 9.60. The summed E-state index contributed by atoms with van der Waals surface area (Å²) in [6.45, 7) is 6.88. The Bertz CT molecular complexity index is 806. The zero-order valence-corrected chi connectivity index (χ0v) is 16.5. The molecule has 0 spiro atoms. The summed E-state index contributed by atoms with van der Waals surface area (Å²) < 4.78 is 11.5. The van der Waals surface area contributed by atoms with Crippen LogP contribution in [0.2, 0.25) is 0 Å². The highest BCUT2D eigenvalue weighted by molar-refractivity contribution is 6.01. The molecule has 0 radical (unpaired) electrons. The fourth-order valence-electron chi connectivity index (χ4n) is 3.28. The van der Waals surface area contributed by atoms with Gasteiger partial charge >= 0.3 is 0 Å². The summed E-state index contributed by atoms with van der Waals surface area (Å²) in [5, 5.41) is 3.51. The molecule has 2 aromatic rings. The van der Waals surface area contributed by atoms with Gasteiger partial charge in [-0.2, -0.15) is 0 Å². The molecular weight excluding hydrogens is 340 g/mol. The lowest BCUT2D eigenvalue weighted by atomic mass is 10.0. The summed E-state index contributed by atoms with van der Waals surface area (Å²) in [6, 6.07) is 13.5. The lowest BCUT2D eigenvalue weighted by Crippen LogP contribution is -2.43. The average molecular weight is 368 g/mol. The number of amides is 1. The zero-order chi connectivity index (χ0) is 19.4. The SMILES string of the molecule is CCCN1C(=O)c2ccccc2NC1c1ccc(OC(C)CC)c(OC)c1. The Morgan fingerprint density at radius 3 is 2.63 bits per heavy atom. The quantitative estimate of drug-likeness (QED) is 0.759. The second kappa shape index (κ2) is 8.33. The molecule has 2 atom stereocenters. The average Bonchev–Trinajstić information content (AvgIpc) is 2.70. The van der Waals surface area contributed by atoms with E-state index >= 15 is 0 Å². The molecule has 2 unspecified atom stereocenters. The van der Waals surface area contributed by atoms with Crippen LogP contribution in [0, 0.1) is 0 Å². The van der Waals surface area contributed by atoms with Crippen LogP contribution in [-0.2, 0) is 0 Å². The van der Waals surface area contributed by atoms with Crippen molar-refractivity contribution in [1.82, 2.24) is 4.90 Å². The van der Waals surface area contributed by atoms with Crippen LogP contribution in [0.3, 0.4) is 0 Å². The molecule has 1 aliphatic heterocycles. The Morgan fingerprint density at radius 1 is 1.15 bits per heavy atom. The number of nitrogens with zero attached hydrogens (tertiary/aromatic N) is 1. The molecule has 2 aromatic carbocycles. The number of benzene rings is 2. The van der Waals surface area contributed by atoms with Gasteiger partial charge in [-0.3, -0.25) is 4.79 Å². The first-order chi connectivity index (χ1) is 13.1. The Labute approximate surface area is 161 Å². The van der Waals surface area contributed by atoms with Gasteiger partial charge in [0.1, 0.15) is 6.17 Å². The second-order valence-electron chi connectivity index (χ2n) is 6.84. The van der Waals surface area contributed by atoms with Crippen LogP contribution in [0.25, 0.3) is 0 Å². The van der Waals surface area contributed by atoms with Crippen LogP contribution in [0.1, 0.15) is 55.7 Å². The van der Waals surface area contributed by atoms with Gasteiger partial charge in [0.2, 0.25) is 0 Å². The molecule has 27 heavy (non-hydrogen) atoms. The lowest BCUT2D eigenvalue weighted by molar-refractivity contribution is 0.0683. The largest absolute Gasteiger partial charge is 0.493 e. The molecule has 5 nitrogen and oxygen atoms in total. The Hall–Kier alpha value is -2.69. The number of carbonyl (C=O) groups excluding carboxylic acids is 1. The van der Waals surface area contributed by atoms with Crippen molar-refractivity contribution < 1.29 is 14.3 Å². The molecule has 1 amide bonds. The van der Waals surface area contributed by atoms with E-state index in [-0.39, 0.29) is 18.2 Å². The highest BCUT2D eigenvalue weighted by Gasteiger charge is 2.32.